The Morgan fingerprint density at radius 3 is 2.85 bits per heavy atom. The Morgan fingerprint density at radius 1 is 1.45 bits per heavy atom. The van der Waals surface area contributed by atoms with Gasteiger partial charge >= 0.3 is 6.09 Å². The average molecular weight is 281 g/mol. The SMILES string of the molecule is CC(C)NC(=O)OCC(O)C1COc2ccccc2O1. The van der Waals surface area contributed by atoms with E-state index in [-0.39, 0.29) is 19.3 Å². The van der Waals surface area contributed by atoms with Crippen molar-refractivity contribution in [1.29, 1.82) is 0 Å². The second kappa shape index (κ2) is 6.47. The zero-order valence-corrected chi connectivity index (χ0v) is 11.5. The van der Waals surface area contributed by atoms with Gasteiger partial charge in [-0.3, -0.25) is 0 Å². The highest BCUT2D eigenvalue weighted by atomic mass is 16.6. The highest BCUT2D eigenvalue weighted by molar-refractivity contribution is 5.67. The van der Waals surface area contributed by atoms with Gasteiger partial charge in [-0.05, 0) is 26.0 Å². The van der Waals surface area contributed by atoms with Gasteiger partial charge in [0, 0.05) is 6.04 Å². The molecule has 2 N–H and O–H groups in total. The summed E-state index contributed by atoms with van der Waals surface area (Å²) in [6.45, 7) is 3.72. The van der Waals surface area contributed by atoms with Gasteiger partial charge in [0.1, 0.15) is 19.3 Å². The normalized spacial score (nSPS) is 18.5. The number of carbonyl (C=O) groups excluding carboxylic acids is 1. The predicted molar refractivity (Wildman–Crippen MR) is 72.0 cm³/mol. The van der Waals surface area contributed by atoms with Gasteiger partial charge in [-0.15, -0.1) is 0 Å². The summed E-state index contributed by atoms with van der Waals surface area (Å²) in [5, 5.41) is 12.5. The molecule has 2 unspecified atom stereocenters. The van der Waals surface area contributed by atoms with Gasteiger partial charge in [0.25, 0.3) is 0 Å². The van der Waals surface area contributed by atoms with E-state index in [2.05, 4.69) is 5.32 Å². The maximum absolute atomic E-state index is 11.3. The van der Waals surface area contributed by atoms with Crippen molar-refractivity contribution in [3.05, 3.63) is 24.3 Å². The third-order valence-corrected chi connectivity index (χ3v) is 2.75. The number of fused-ring (bicyclic) bond motifs is 1. The fraction of sp³-hybridized carbons (Fsp3) is 0.500. The molecule has 0 saturated heterocycles. The monoisotopic (exact) mass is 281 g/mol. The third-order valence-electron chi connectivity index (χ3n) is 2.75. The minimum atomic E-state index is -0.943. The van der Waals surface area contributed by atoms with Crippen LogP contribution in [0.3, 0.4) is 0 Å². The molecule has 110 valence electrons. The summed E-state index contributed by atoms with van der Waals surface area (Å²) in [4.78, 5) is 11.3. The standard InChI is InChI=1S/C14H19NO5/c1-9(2)15-14(17)19-7-10(16)13-8-18-11-5-3-4-6-12(11)20-13/h3-6,9-10,13,16H,7-8H2,1-2H3,(H,15,17). The van der Waals surface area contributed by atoms with Gasteiger partial charge in [0.05, 0.1) is 0 Å². The topological polar surface area (TPSA) is 77.0 Å². The molecule has 0 spiro atoms. The summed E-state index contributed by atoms with van der Waals surface area (Å²) in [6, 6.07) is 7.22. The molecule has 1 aromatic rings. The van der Waals surface area contributed by atoms with Gasteiger partial charge < -0.3 is 24.6 Å². The fourth-order valence-corrected chi connectivity index (χ4v) is 1.77. The first-order valence-electron chi connectivity index (χ1n) is 6.56. The van der Waals surface area contributed by atoms with Crippen LogP contribution in [0.1, 0.15) is 13.8 Å². The summed E-state index contributed by atoms with van der Waals surface area (Å²) in [5.41, 5.74) is 0. The van der Waals surface area contributed by atoms with Crippen molar-refractivity contribution >= 4 is 6.09 Å². The van der Waals surface area contributed by atoms with Crippen LogP contribution in [0, 0.1) is 0 Å². The van der Waals surface area contributed by atoms with Crippen molar-refractivity contribution in [2.24, 2.45) is 0 Å². The smallest absolute Gasteiger partial charge is 0.407 e. The summed E-state index contributed by atoms with van der Waals surface area (Å²) in [5.74, 6) is 1.23. The molecule has 6 nitrogen and oxygen atoms in total. The molecule has 20 heavy (non-hydrogen) atoms. The van der Waals surface area contributed by atoms with Crippen LogP contribution in [-0.2, 0) is 4.74 Å². The molecule has 1 heterocycles. The van der Waals surface area contributed by atoms with E-state index >= 15 is 0 Å². The highest BCUT2D eigenvalue weighted by Gasteiger charge is 2.28. The number of hydrogen-bond donors (Lipinski definition) is 2. The Bertz CT molecular complexity index is 463. The predicted octanol–water partition coefficient (Wildman–Crippen LogP) is 1.32. The number of hydrogen-bond acceptors (Lipinski definition) is 5. The molecule has 0 bridgehead atoms. The first-order chi connectivity index (χ1) is 9.56. The molecule has 1 amide bonds. The van der Waals surface area contributed by atoms with Crippen LogP contribution >= 0.6 is 0 Å². The Hall–Kier alpha value is -1.95. The third kappa shape index (κ3) is 3.77. The van der Waals surface area contributed by atoms with Gasteiger partial charge in [-0.1, -0.05) is 12.1 Å². The molecule has 1 aliphatic rings. The molecule has 6 heteroatoms. The zero-order valence-electron chi connectivity index (χ0n) is 11.5. The first-order valence-corrected chi connectivity index (χ1v) is 6.56. The number of para-hydroxylation sites is 2. The summed E-state index contributed by atoms with van der Waals surface area (Å²) >= 11 is 0. The van der Waals surface area contributed by atoms with Gasteiger partial charge in [-0.25, -0.2) is 4.79 Å². The lowest BCUT2D eigenvalue weighted by Gasteiger charge is -2.29. The number of ether oxygens (including phenoxy) is 3. The van der Waals surface area contributed by atoms with E-state index in [0.717, 1.165) is 0 Å². The lowest BCUT2D eigenvalue weighted by Crippen LogP contribution is -2.43. The zero-order chi connectivity index (χ0) is 14.5. The summed E-state index contributed by atoms with van der Waals surface area (Å²) in [7, 11) is 0. The van der Waals surface area contributed by atoms with Crippen LogP contribution in [0.5, 0.6) is 11.5 Å². The Balaban J connectivity index is 1.82. The number of aliphatic hydroxyl groups excluding tert-OH is 1. The average Bonchev–Trinajstić information content (AvgIpc) is 2.43. The van der Waals surface area contributed by atoms with Gasteiger partial charge in [0.15, 0.2) is 17.6 Å². The van der Waals surface area contributed by atoms with Crippen molar-refractivity contribution in [3.8, 4) is 11.5 Å². The quantitative estimate of drug-likeness (QED) is 0.870. The number of nitrogens with one attached hydrogen (secondary N) is 1. The number of rotatable bonds is 4. The number of amides is 1. The molecule has 1 aromatic carbocycles. The molecule has 2 atom stereocenters. The molecule has 0 saturated carbocycles. The first kappa shape index (κ1) is 14.5. The molecule has 0 fully saturated rings. The van der Waals surface area contributed by atoms with E-state index < -0.39 is 18.3 Å². The number of alkyl carbamates (subject to hydrolysis) is 1. The second-order valence-electron chi connectivity index (χ2n) is 4.88. The molecule has 0 aromatic heterocycles. The Labute approximate surface area is 117 Å². The number of benzene rings is 1. The fourth-order valence-electron chi connectivity index (χ4n) is 1.77. The Morgan fingerprint density at radius 2 is 2.15 bits per heavy atom. The van der Waals surface area contributed by atoms with E-state index in [1.807, 2.05) is 26.0 Å². The summed E-state index contributed by atoms with van der Waals surface area (Å²) < 4.78 is 16.0. The van der Waals surface area contributed by atoms with Crippen molar-refractivity contribution < 1.29 is 24.1 Å². The lowest BCUT2D eigenvalue weighted by molar-refractivity contribution is -0.0381. The van der Waals surface area contributed by atoms with Crippen molar-refractivity contribution in [3.63, 3.8) is 0 Å². The minimum absolute atomic E-state index is 0.0132. The van der Waals surface area contributed by atoms with Crippen LogP contribution in [0.2, 0.25) is 0 Å². The molecule has 2 rings (SSSR count). The van der Waals surface area contributed by atoms with Gasteiger partial charge in [0.2, 0.25) is 0 Å². The van der Waals surface area contributed by atoms with E-state index in [0.29, 0.717) is 11.5 Å². The molecular formula is C14H19NO5. The maximum Gasteiger partial charge on any atom is 0.407 e. The van der Waals surface area contributed by atoms with E-state index in [4.69, 9.17) is 14.2 Å². The van der Waals surface area contributed by atoms with E-state index in [9.17, 15) is 9.90 Å². The van der Waals surface area contributed by atoms with Crippen molar-refractivity contribution in [2.75, 3.05) is 13.2 Å². The number of carbonyl (C=O) groups is 1. The van der Waals surface area contributed by atoms with Crippen molar-refractivity contribution in [1.82, 2.24) is 5.32 Å². The molecular weight excluding hydrogens is 262 g/mol. The van der Waals surface area contributed by atoms with Gasteiger partial charge in [-0.2, -0.15) is 0 Å². The van der Waals surface area contributed by atoms with Crippen LogP contribution < -0.4 is 14.8 Å². The number of aliphatic hydroxyl groups is 1. The van der Waals surface area contributed by atoms with Crippen LogP contribution in [-0.4, -0.2) is 42.7 Å². The molecule has 1 aliphatic heterocycles. The molecule has 0 aliphatic carbocycles. The Kier molecular flexibility index (Phi) is 4.68. The lowest BCUT2D eigenvalue weighted by atomic mass is 10.2. The minimum Gasteiger partial charge on any atom is -0.486 e. The second-order valence-corrected chi connectivity index (χ2v) is 4.88. The highest BCUT2D eigenvalue weighted by Crippen LogP contribution is 2.31. The maximum atomic E-state index is 11.3. The van der Waals surface area contributed by atoms with Crippen LogP contribution in [0.25, 0.3) is 0 Å². The van der Waals surface area contributed by atoms with E-state index in [1.54, 1.807) is 12.1 Å². The van der Waals surface area contributed by atoms with Crippen LogP contribution in [0.4, 0.5) is 4.79 Å². The largest absolute Gasteiger partial charge is 0.486 e. The molecule has 0 radical (unpaired) electrons. The van der Waals surface area contributed by atoms with Crippen molar-refractivity contribution in [2.45, 2.75) is 32.1 Å². The van der Waals surface area contributed by atoms with Crippen LogP contribution in [0.15, 0.2) is 24.3 Å². The van der Waals surface area contributed by atoms with E-state index in [1.165, 1.54) is 0 Å². The summed E-state index contributed by atoms with van der Waals surface area (Å²) in [6.07, 6.45) is -2.06.